The lowest BCUT2D eigenvalue weighted by atomic mass is 10.1. The van der Waals surface area contributed by atoms with Crippen LogP contribution in [0.1, 0.15) is 206 Å². The molecule has 0 fully saturated rings. The number of unbranched alkanes of at least 4 members (excludes halogenated alkanes) is 24. The van der Waals surface area contributed by atoms with Gasteiger partial charge in [-0.1, -0.05) is 182 Å². The lowest BCUT2D eigenvalue weighted by Gasteiger charge is -2.17. The van der Waals surface area contributed by atoms with Crippen molar-refractivity contribution < 1.29 is 0 Å². The third-order valence-corrected chi connectivity index (χ3v) is 12.8. The van der Waals surface area contributed by atoms with Crippen LogP contribution in [-0.4, -0.2) is 17.3 Å². The Morgan fingerprint density at radius 1 is 0.400 bits per heavy atom. The Hall–Kier alpha value is 0.270. The molecule has 0 aliphatic carbocycles. The predicted molar refractivity (Wildman–Crippen MR) is 214 cm³/mol. The average Bonchev–Trinajstić information content (AvgIpc) is 3.04. The van der Waals surface area contributed by atoms with Gasteiger partial charge in [-0.05, 0) is 67.1 Å². The summed E-state index contributed by atoms with van der Waals surface area (Å²) in [5, 5.41) is 0. The van der Waals surface area contributed by atoms with Crippen LogP contribution in [0.5, 0.6) is 0 Å². The van der Waals surface area contributed by atoms with Crippen LogP contribution < -0.4 is 0 Å². The molecule has 0 unspecified atom stereocenters. The second-order valence-corrected chi connectivity index (χ2v) is 16.9. The number of benzene rings is 1. The summed E-state index contributed by atoms with van der Waals surface area (Å²) in [5.74, 6) is 3.83. The molecule has 1 aromatic carbocycles. The minimum Gasteiger partial charge on any atom is -0.125 e. The molecule has 0 aliphatic heterocycles. The molecule has 3 heteroatoms. The molecular formula is C42H77S3. The number of hydrogen-bond donors (Lipinski definition) is 0. The van der Waals surface area contributed by atoms with Gasteiger partial charge in [-0.3, -0.25) is 0 Å². The molecule has 1 radical (unpaired) electrons. The fourth-order valence-corrected chi connectivity index (χ4v) is 9.93. The first-order valence-corrected chi connectivity index (χ1v) is 23.1. The third-order valence-electron chi connectivity index (χ3n) is 9.05. The first-order valence-electron chi connectivity index (χ1n) is 20.1. The highest BCUT2D eigenvalue weighted by Crippen LogP contribution is 2.41. The number of aryl methyl sites for hydroxylation is 1. The summed E-state index contributed by atoms with van der Waals surface area (Å²) in [6, 6.07) is 5.09. The minimum atomic E-state index is 0.996. The second kappa shape index (κ2) is 34.1. The lowest BCUT2D eigenvalue weighted by molar-refractivity contribution is 0.573. The van der Waals surface area contributed by atoms with Gasteiger partial charge in [0.15, 0.2) is 0 Å². The largest absolute Gasteiger partial charge is 0.125 e. The topological polar surface area (TPSA) is 0 Å². The average molecular weight is 678 g/mol. The van der Waals surface area contributed by atoms with E-state index < -0.39 is 0 Å². The van der Waals surface area contributed by atoms with E-state index in [0.29, 0.717) is 0 Å². The molecule has 0 aromatic heterocycles. The van der Waals surface area contributed by atoms with E-state index in [9.17, 15) is 0 Å². The van der Waals surface area contributed by atoms with E-state index in [1.54, 1.807) is 14.7 Å². The molecule has 0 aliphatic rings. The summed E-state index contributed by atoms with van der Waals surface area (Å²) in [6.45, 7) is 11.1. The molecule has 263 valence electrons. The summed E-state index contributed by atoms with van der Waals surface area (Å²) < 4.78 is 0. The summed E-state index contributed by atoms with van der Waals surface area (Å²) >= 11 is 6.50. The summed E-state index contributed by atoms with van der Waals surface area (Å²) in [7, 11) is 0. The maximum Gasteiger partial charge on any atom is 0.0344 e. The maximum atomic E-state index is 4.20. The van der Waals surface area contributed by atoms with Crippen molar-refractivity contribution in [2.75, 3.05) is 17.3 Å². The molecule has 0 N–H and O–H groups in total. The Kier molecular flexibility index (Phi) is 32.8. The summed E-state index contributed by atoms with van der Waals surface area (Å²) in [5.41, 5.74) is 1.52. The van der Waals surface area contributed by atoms with Gasteiger partial charge in [-0.25, -0.2) is 0 Å². The van der Waals surface area contributed by atoms with Crippen LogP contribution in [0.4, 0.5) is 0 Å². The Labute approximate surface area is 297 Å². The van der Waals surface area contributed by atoms with Gasteiger partial charge < -0.3 is 0 Å². The van der Waals surface area contributed by atoms with Crippen LogP contribution in [0.25, 0.3) is 0 Å². The van der Waals surface area contributed by atoms with E-state index in [4.69, 9.17) is 0 Å². The van der Waals surface area contributed by atoms with Crippen molar-refractivity contribution in [2.24, 2.45) is 0 Å². The van der Waals surface area contributed by atoms with Crippen LogP contribution in [0.3, 0.4) is 0 Å². The molecule has 1 aromatic rings. The Balaban J connectivity index is 2.63. The molecular weight excluding hydrogens is 601 g/mol. The van der Waals surface area contributed by atoms with Gasteiger partial charge in [0.2, 0.25) is 0 Å². The highest BCUT2D eigenvalue weighted by Gasteiger charge is 2.13. The quantitative estimate of drug-likeness (QED) is 0.0518. The molecule has 0 spiro atoms. The van der Waals surface area contributed by atoms with Gasteiger partial charge in [0.25, 0.3) is 0 Å². The van der Waals surface area contributed by atoms with Crippen LogP contribution in [0.2, 0.25) is 0 Å². The van der Waals surface area contributed by atoms with Gasteiger partial charge >= 0.3 is 0 Å². The van der Waals surface area contributed by atoms with Crippen LogP contribution >= 0.6 is 35.3 Å². The number of rotatable bonds is 35. The van der Waals surface area contributed by atoms with Crippen LogP contribution in [0.15, 0.2) is 26.8 Å². The first-order chi connectivity index (χ1) is 22.3. The van der Waals surface area contributed by atoms with Crippen molar-refractivity contribution in [3.63, 3.8) is 0 Å². The van der Waals surface area contributed by atoms with Crippen LogP contribution in [0, 0.1) is 6.92 Å². The molecule has 45 heavy (non-hydrogen) atoms. The smallest absolute Gasteiger partial charge is 0.0344 e. The monoisotopic (exact) mass is 678 g/mol. The lowest BCUT2D eigenvalue weighted by Crippen LogP contribution is -1.94. The predicted octanol–water partition coefficient (Wildman–Crippen LogP) is 16.3. The summed E-state index contributed by atoms with van der Waals surface area (Å²) in [6.07, 6.45) is 40.3. The fraction of sp³-hybridized carbons (Fsp3) is 0.833. The normalized spacial score (nSPS) is 11.6. The molecule has 0 saturated heterocycles. The zero-order chi connectivity index (χ0) is 32.5. The van der Waals surface area contributed by atoms with Crippen molar-refractivity contribution in [3.05, 3.63) is 24.6 Å². The van der Waals surface area contributed by atoms with Crippen molar-refractivity contribution in [1.29, 1.82) is 0 Å². The molecule has 0 saturated carbocycles. The maximum absolute atomic E-state index is 4.20. The zero-order valence-electron chi connectivity index (χ0n) is 30.7. The SMILES string of the molecule is [CH2]CCc1cc(SCCCCCCCCCCC)c(SCCCCCCCCCCC)c(SCCCCCCCCCCC)c1. The van der Waals surface area contributed by atoms with Crippen LogP contribution in [-0.2, 0) is 6.42 Å². The Bertz CT molecular complexity index is 700. The minimum absolute atomic E-state index is 0.996. The highest BCUT2D eigenvalue weighted by molar-refractivity contribution is 8.03. The van der Waals surface area contributed by atoms with Crippen molar-refractivity contribution >= 4 is 35.3 Å². The second-order valence-electron chi connectivity index (χ2n) is 13.6. The first kappa shape index (κ1) is 43.3. The Morgan fingerprint density at radius 2 is 0.689 bits per heavy atom. The number of thioether (sulfide) groups is 3. The van der Waals surface area contributed by atoms with E-state index in [-0.39, 0.29) is 0 Å². The van der Waals surface area contributed by atoms with Gasteiger partial charge in [0, 0.05) is 14.7 Å². The van der Waals surface area contributed by atoms with Gasteiger partial charge in [-0.2, -0.15) is 0 Å². The van der Waals surface area contributed by atoms with Gasteiger partial charge in [0.05, 0.1) is 0 Å². The van der Waals surface area contributed by atoms with Crippen molar-refractivity contribution in [3.8, 4) is 0 Å². The standard InChI is InChI=1S/C42H77S3/c1-5-9-12-15-18-21-24-27-30-34-43-40-37-39(33-8-4)38-41(44-35-31-28-25-22-19-16-13-10-6-2)42(40)45-36-32-29-26-23-20-17-14-11-7-3/h37-38H,4-36H2,1-3H3. The molecule has 0 nitrogen and oxygen atoms in total. The molecule has 0 bridgehead atoms. The van der Waals surface area contributed by atoms with Crippen molar-refractivity contribution in [2.45, 2.75) is 222 Å². The highest BCUT2D eigenvalue weighted by atomic mass is 32.2. The summed E-state index contributed by atoms with van der Waals surface area (Å²) in [4.78, 5) is 4.77. The van der Waals surface area contributed by atoms with E-state index in [1.807, 2.05) is 0 Å². The molecule has 0 heterocycles. The van der Waals surface area contributed by atoms with E-state index in [2.05, 4.69) is 75.1 Å². The molecule has 0 atom stereocenters. The van der Waals surface area contributed by atoms with E-state index in [1.165, 1.54) is 196 Å². The van der Waals surface area contributed by atoms with E-state index in [0.717, 1.165) is 12.8 Å². The zero-order valence-corrected chi connectivity index (χ0v) is 33.2. The Morgan fingerprint density at radius 3 is 1.00 bits per heavy atom. The molecule has 1 rings (SSSR count). The van der Waals surface area contributed by atoms with Gasteiger partial charge in [0.1, 0.15) is 0 Å². The third kappa shape index (κ3) is 25.9. The molecule has 0 amide bonds. The van der Waals surface area contributed by atoms with E-state index >= 15 is 0 Å². The number of hydrogen-bond acceptors (Lipinski definition) is 3. The van der Waals surface area contributed by atoms with Gasteiger partial charge in [-0.15, -0.1) is 35.3 Å². The van der Waals surface area contributed by atoms with Crippen molar-refractivity contribution in [1.82, 2.24) is 0 Å². The fourth-order valence-electron chi connectivity index (χ4n) is 6.11.